The van der Waals surface area contributed by atoms with Crippen molar-refractivity contribution in [1.29, 1.82) is 0 Å². The molecule has 0 aliphatic heterocycles. The quantitative estimate of drug-likeness (QED) is 0.400. The van der Waals surface area contributed by atoms with Gasteiger partial charge >= 0.3 is 0 Å². The lowest BCUT2D eigenvalue weighted by Gasteiger charge is -2.23. The van der Waals surface area contributed by atoms with Gasteiger partial charge < -0.3 is 10.4 Å². The van der Waals surface area contributed by atoms with Crippen molar-refractivity contribution in [3.8, 4) is 5.75 Å². The maximum atomic E-state index is 12.9. The third-order valence-electron chi connectivity index (χ3n) is 7.10. The van der Waals surface area contributed by atoms with Crippen LogP contribution in [0.3, 0.4) is 0 Å². The van der Waals surface area contributed by atoms with Crippen LogP contribution in [0.15, 0.2) is 72.8 Å². The molecule has 0 spiro atoms. The first-order chi connectivity index (χ1) is 17.0. The van der Waals surface area contributed by atoms with Gasteiger partial charge in [-0.1, -0.05) is 48.0 Å². The van der Waals surface area contributed by atoms with Gasteiger partial charge in [0.25, 0.3) is 5.91 Å². The number of halogens is 1. The Kier molecular flexibility index (Phi) is 6.74. The van der Waals surface area contributed by atoms with Crippen LogP contribution in [0.4, 0.5) is 0 Å². The van der Waals surface area contributed by atoms with Gasteiger partial charge in [0, 0.05) is 34.5 Å². The predicted molar refractivity (Wildman–Crippen MR) is 138 cm³/mol. The van der Waals surface area contributed by atoms with Crippen molar-refractivity contribution in [1.82, 2.24) is 5.32 Å². The second-order valence-electron chi connectivity index (χ2n) is 9.47. The molecule has 3 aromatic carbocycles. The first-order valence-corrected chi connectivity index (χ1v) is 12.5. The summed E-state index contributed by atoms with van der Waals surface area (Å²) >= 11 is 6.35. The molecule has 0 fully saturated rings. The molecule has 2 unspecified atom stereocenters. The summed E-state index contributed by atoms with van der Waals surface area (Å²) in [7, 11) is 0. The zero-order valence-corrected chi connectivity index (χ0v) is 20.2. The predicted octanol–water partition coefficient (Wildman–Crippen LogP) is 6.05. The number of ketones is 1. The molecule has 3 aromatic rings. The molecule has 2 atom stereocenters. The lowest BCUT2D eigenvalue weighted by molar-refractivity contribution is 0.0899. The number of allylic oxidation sites excluding steroid dienone is 2. The summed E-state index contributed by atoms with van der Waals surface area (Å²) in [4.78, 5) is 25.5. The number of phenolic OH excluding ortho intramolecular Hbond substituents is 1. The van der Waals surface area contributed by atoms with Gasteiger partial charge in [0.1, 0.15) is 5.75 Å². The molecule has 2 aliphatic rings. The van der Waals surface area contributed by atoms with E-state index in [-0.39, 0.29) is 23.4 Å². The Morgan fingerprint density at radius 3 is 2.54 bits per heavy atom. The molecule has 0 aromatic heterocycles. The van der Waals surface area contributed by atoms with Gasteiger partial charge in [0.15, 0.2) is 5.78 Å². The summed E-state index contributed by atoms with van der Waals surface area (Å²) in [5.41, 5.74) is 5.61. The molecule has 0 saturated heterocycles. The van der Waals surface area contributed by atoms with Gasteiger partial charge in [0.05, 0.1) is 0 Å². The fourth-order valence-electron chi connectivity index (χ4n) is 4.94. The fraction of sp³-hybridized carbons (Fsp3) is 0.267. The highest BCUT2D eigenvalue weighted by Crippen LogP contribution is 2.34. The highest BCUT2D eigenvalue weighted by atomic mass is 35.5. The van der Waals surface area contributed by atoms with Crippen LogP contribution < -0.4 is 5.32 Å². The minimum Gasteiger partial charge on any atom is -0.508 e. The zero-order valence-electron chi connectivity index (χ0n) is 19.5. The SMILES string of the molecule is O=C(NCCc1ccc(Cl)c(C2C=CC2)c1)c1ccc(CC2CCc3cc(O)ccc3C2=O)cc1. The molecule has 5 rings (SSSR count). The second-order valence-corrected chi connectivity index (χ2v) is 9.88. The van der Waals surface area contributed by atoms with Crippen LogP contribution in [0.25, 0.3) is 0 Å². The summed E-state index contributed by atoms with van der Waals surface area (Å²) in [6, 6.07) is 18.6. The minimum absolute atomic E-state index is 0.0774. The van der Waals surface area contributed by atoms with E-state index in [2.05, 4.69) is 23.5 Å². The van der Waals surface area contributed by atoms with Crippen molar-refractivity contribution in [2.24, 2.45) is 5.92 Å². The van der Waals surface area contributed by atoms with Crippen molar-refractivity contribution >= 4 is 23.3 Å². The van der Waals surface area contributed by atoms with Gasteiger partial charge in [-0.3, -0.25) is 9.59 Å². The molecule has 1 amide bonds. The van der Waals surface area contributed by atoms with Crippen molar-refractivity contribution in [2.45, 2.75) is 38.0 Å². The lowest BCUT2D eigenvalue weighted by Crippen LogP contribution is -2.26. The molecule has 0 radical (unpaired) electrons. The van der Waals surface area contributed by atoms with Crippen molar-refractivity contribution < 1.29 is 14.7 Å². The number of nitrogens with one attached hydrogen (secondary N) is 1. The van der Waals surface area contributed by atoms with Gasteiger partial charge in [0.2, 0.25) is 0 Å². The number of aryl methyl sites for hydroxylation is 1. The topological polar surface area (TPSA) is 66.4 Å². The number of fused-ring (bicyclic) bond motifs is 1. The van der Waals surface area contributed by atoms with Crippen LogP contribution in [-0.4, -0.2) is 23.3 Å². The summed E-state index contributed by atoms with van der Waals surface area (Å²) < 4.78 is 0. The van der Waals surface area contributed by atoms with E-state index >= 15 is 0 Å². The van der Waals surface area contributed by atoms with Crippen LogP contribution in [0.2, 0.25) is 5.02 Å². The maximum absolute atomic E-state index is 12.9. The number of Topliss-reactive ketones (excluding diaryl/α,β-unsaturated/α-hetero) is 1. The molecule has 2 N–H and O–H groups in total. The van der Waals surface area contributed by atoms with Gasteiger partial charge in [-0.25, -0.2) is 0 Å². The van der Waals surface area contributed by atoms with E-state index in [0.29, 0.717) is 30.0 Å². The number of benzene rings is 3. The summed E-state index contributed by atoms with van der Waals surface area (Å²) in [6.45, 7) is 0.549. The van der Waals surface area contributed by atoms with Crippen LogP contribution in [0.1, 0.15) is 61.7 Å². The highest BCUT2D eigenvalue weighted by molar-refractivity contribution is 6.31. The third kappa shape index (κ3) is 5.18. The van der Waals surface area contributed by atoms with Gasteiger partial charge in [-0.05, 0) is 90.8 Å². The molecule has 4 nitrogen and oxygen atoms in total. The number of phenols is 1. The van der Waals surface area contributed by atoms with E-state index in [9.17, 15) is 14.7 Å². The number of carbonyl (C=O) groups excluding carboxylic acids is 2. The summed E-state index contributed by atoms with van der Waals surface area (Å²) in [6.07, 6.45) is 8.29. The molecule has 35 heavy (non-hydrogen) atoms. The van der Waals surface area contributed by atoms with Crippen LogP contribution >= 0.6 is 11.6 Å². The zero-order chi connectivity index (χ0) is 24.4. The highest BCUT2D eigenvalue weighted by Gasteiger charge is 2.27. The number of aromatic hydroxyl groups is 1. The smallest absolute Gasteiger partial charge is 0.251 e. The molecule has 2 aliphatic carbocycles. The maximum Gasteiger partial charge on any atom is 0.251 e. The van der Waals surface area contributed by atoms with E-state index in [0.717, 1.165) is 53.0 Å². The number of carbonyl (C=O) groups is 2. The van der Waals surface area contributed by atoms with Crippen LogP contribution in [-0.2, 0) is 19.3 Å². The average molecular weight is 486 g/mol. The Hall–Kier alpha value is -3.37. The minimum atomic E-state index is -0.102. The first kappa shape index (κ1) is 23.4. The van der Waals surface area contributed by atoms with E-state index < -0.39 is 0 Å². The Balaban J connectivity index is 1.14. The van der Waals surface area contributed by atoms with Crippen molar-refractivity contribution in [3.63, 3.8) is 0 Å². The average Bonchev–Trinajstić information content (AvgIpc) is 2.82. The van der Waals surface area contributed by atoms with E-state index in [1.807, 2.05) is 36.4 Å². The Morgan fingerprint density at radius 1 is 1.03 bits per heavy atom. The molecular formula is C30H28ClNO3. The molecular weight excluding hydrogens is 458 g/mol. The monoisotopic (exact) mass is 485 g/mol. The van der Waals surface area contributed by atoms with E-state index in [1.165, 1.54) is 0 Å². The largest absolute Gasteiger partial charge is 0.508 e. The molecule has 178 valence electrons. The molecule has 0 saturated carbocycles. The molecule has 5 heteroatoms. The summed E-state index contributed by atoms with van der Waals surface area (Å²) in [5, 5.41) is 13.5. The summed E-state index contributed by atoms with van der Waals surface area (Å²) in [5.74, 6) is 0.559. The normalized spacial score (nSPS) is 18.6. The van der Waals surface area contributed by atoms with Crippen LogP contribution in [0.5, 0.6) is 5.75 Å². The van der Waals surface area contributed by atoms with Gasteiger partial charge in [-0.2, -0.15) is 0 Å². The van der Waals surface area contributed by atoms with Crippen molar-refractivity contribution in [2.75, 3.05) is 6.54 Å². The van der Waals surface area contributed by atoms with Crippen LogP contribution in [0, 0.1) is 5.92 Å². The molecule has 0 bridgehead atoms. The Bertz CT molecular complexity index is 1300. The second kappa shape index (κ2) is 10.1. The first-order valence-electron chi connectivity index (χ1n) is 12.2. The van der Waals surface area contributed by atoms with Crippen molar-refractivity contribution in [3.05, 3.63) is 111 Å². The van der Waals surface area contributed by atoms with E-state index in [1.54, 1.807) is 18.2 Å². The standard InChI is InChI=1S/C30H28ClNO3/c31-28-13-6-20(17-27(28)21-2-1-3-21)14-15-32-30(35)22-7-4-19(5-8-22)16-24-10-9-23-18-25(33)11-12-26(23)29(24)34/h1-2,4-8,11-13,17-18,21,24,33H,3,9-10,14-16H2,(H,32,35). The van der Waals surface area contributed by atoms with Gasteiger partial charge in [-0.15, -0.1) is 0 Å². The fourth-order valence-corrected chi connectivity index (χ4v) is 5.20. The number of rotatable bonds is 7. The van der Waals surface area contributed by atoms with E-state index in [4.69, 9.17) is 11.6 Å². The molecule has 0 heterocycles. The Morgan fingerprint density at radius 2 is 1.80 bits per heavy atom. The number of hydrogen-bond acceptors (Lipinski definition) is 3. The lowest BCUT2D eigenvalue weighted by atomic mass is 9.79. The third-order valence-corrected chi connectivity index (χ3v) is 7.45. The number of hydrogen-bond donors (Lipinski definition) is 2. The Labute approximate surface area is 210 Å². The number of amides is 1.